The average molecular weight is 1940 g/mol. The van der Waals surface area contributed by atoms with E-state index >= 15 is 0 Å². The minimum absolute atomic E-state index is 0.00374. The van der Waals surface area contributed by atoms with E-state index in [4.69, 9.17) is 232 Å². The number of rotatable bonds is 123. The predicted octanol–water partition coefficient (Wildman–Crippen LogP) is 8.38. The number of methoxy groups -OCH3 is 1. The van der Waals surface area contributed by atoms with Crippen LogP contribution >= 0.6 is 0 Å². The standard InChI is InChI=1S/C80H158O51/c1-4-6-8-10-12-14-16-18-20-22-24-26-79(81)130-33-78(131-80(82)27-25-23-21-19-17-15-13-11-9-7-5-2)32-85-30-28-84-29-31-86-35-88-37-90-39-92-41-94-43-96-45-98-47-100-49-102-51-104-53-106-55-108-57-110-59-112-61-114-63-116-65-118-67-120-69-122-71-124-73-126-75-128-77-129-76-127-74-125-72-123-70-121-68-119-66-117-64-115-62-113-60-111-58-109-56-107-54-105-52-103-50-101-48-99-46-97-44-95-42-93-40-91-38-89-36-87-34-83-3/h78H,4-77H2,1-3H3. The van der Waals surface area contributed by atoms with E-state index in [1.165, 1.54) is 110 Å². The summed E-state index contributed by atoms with van der Waals surface area (Å²) in [7, 11) is 1.51. The van der Waals surface area contributed by atoms with Crippen LogP contribution in [0, 0.1) is 0 Å². The molecule has 0 spiro atoms. The van der Waals surface area contributed by atoms with Crippen LogP contribution in [0.1, 0.15) is 168 Å². The molecule has 51 heteroatoms. The summed E-state index contributed by atoms with van der Waals surface area (Å²) >= 11 is 0. The van der Waals surface area contributed by atoms with Crippen LogP contribution in [0.25, 0.3) is 0 Å². The summed E-state index contributed by atoms with van der Waals surface area (Å²) in [5, 5.41) is 0. The van der Waals surface area contributed by atoms with Gasteiger partial charge < -0.3 is 232 Å². The molecule has 0 aliphatic carbocycles. The van der Waals surface area contributed by atoms with Crippen molar-refractivity contribution in [1.82, 2.24) is 0 Å². The predicted molar refractivity (Wildman–Crippen MR) is 438 cm³/mol. The summed E-state index contributed by atoms with van der Waals surface area (Å²) in [5.74, 6) is -0.590. The molecular weight excluding hydrogens is 1780 g/mol. The number of hydrogen-bond donors (Lipinski definition) is 0. The zero-order valence-electron chi connectivity index (χ0n) is 77.7. The smallest absolute Gasteiger partial charge is 0.306 e. The van der Waals surface area contributed by atoms with E-state index < -0.39 is 6.10 Å². The van der Waals surface area contributed by atoms with Gasteiger partial charge in [0.05, 0.1) is 33.0 Å². The van der Waals surface area contributed by atoms with E-state index in [1.807, 2.05) is 0 Å². The lowest BCUT2D eigenvalue weighted by atomic mass is 10.1. The Morgan fingerprint density at radius 2 is 0.313 bits per heavy atom. The Labute approximate surface area is 770 Å². The largest absolute Gasteiger partial charge is 0.462 e. The molecule has 0 bridgehead atoms. The first-order valence-corrected chi connectivity index (χ1v) is 43.5. The normalized spacial score (nSPS) is 12.0. The summed E-state index contributed by atoms with van der Waals surface area (Å²) in [6, 6.07) is 0. The third-order valence-corrected chi connectivity index (χ3v) is 15.1. The minimum atomic E-state index is -0.695. The Bertz CT molecular complexity index is 2080. The van der Waals surface area contributed by atoms with Gasteiger partial charge in [-0.1, -0.05) is 142 Å². The number of unbranched alkanes of at least 4 members (excludes halogenated alkanes) is 20. The molecule has 0 aromatic heterocycles. The van der Waals surface area contributed by atoms with Gasteiger partial charge in [-0.3, -0.25) is 9.59 Å². The van der Waals surface area contributed by atoms with Crippen LogP contribution < -0.4 is 0 Å². The van der Waals surface area contributed by atoms with Crippen LogP contribution in [0.4, 0.5) is 0 Å². The molecule has 0 aliphatic heterocycles. The molecule has 131 heavy (non-hydrogen) atoms. The van der Waals surface area contributed by atoms with E-state index in [1.54, 1.807) is 0 Å². The third kappa shape index (κ3) is 119. The van der Waals surface area contributed by atoms with Crippen LogP contribution in [0.5, 0.6) is 0 Å². The molecule has 0 rings (SSSR count). The third-order valence-electron chi connectivity index (χ3n) is 15.1. The molecule has 0 N–H and O–H groups in total. The van der Waals surface area contributed by atoms with Crippen molar-refractivity contribution < 1.29 is 242 Å². The zero-order valence-corrected chi connectivity index (χ0v) is 77.7. The maximum atomic E-state index is 12.8. The maximum Gasteiger partial charge on any atom is 0.306 e. The summed E-state index contributed by atoms with van der Waals surface area (Å²) in [6.07, 6.45) is 26.3. The van der Waals surface area contributed by atoms with Gasteiger partial charge in [0.15, 0.2) is 291 Å². The molecule has 0 saturated heterocycles. The first kappa shape index (κ1) is 128. The van der Waals surface area contributed by atoms with Crippen molar-refractivity contribution in [2.45, 2.75) is 174 Å². The highest BCUT2D eigenvalue weighted by Gasteiger charge is 2.18. The lowest BCUT2D eigenvalue weighted by Crippen LogP contribution is -2.30. The second kappa shape index (κ2) is 121. The highest BCUT2D eigenvalue weighted by Crippen LogP contribution is 2.15. The number of esters is 2. The fourth-order valence-electron chi connectivity index (χ4n) is 9.18. The van der Waals surface area contributed by atoms with Crippen molar-refractivity contribution in [3.05, 3.63) is 0 Å². The molecule has 0 fully saturated rings. The van der Waals surface area contributed by atoms with Gasteiger partial charge in [0.1, 0.15) is 20.2 Å². The number of ether oxygens (including phenoxy) is 49. The monoisotopic (exact) mass is 1930 g/mol. The molecule has 0 radical (unpaired) electrons. The Morgan fingerprint density at radius 1 is 0.160 bits per heavy atom. The molecule has 0 aromatic carbocycles. The van der Waals surface area contributed by atoms with Gasteiger partial charge in [-0.15, -0.1) is 0 Å². The van der Waals surface area contributed by atoms with Crippen molar-refractivity contribution in [2.24, 2.45) is 0 Å². The first-order chi connectivity index (χ1) is 65.1. The fraction of sp³-hybridized carbons (Fsp3) is 0.975. The summed E-state index contributed by atoms with van der Waals surface area (Å²) in [6.45, 7) is 1.96. The maximum absolute atomic E-state index is 12.8. The summed E-state index contributed by atoms with van der Waals surface area (Å²) in [4.78, 5) is 25.4. The van der Waals surface area contributed by atoms with Gasteiger partial charge in [0.2, 0.25) is 0 Å². The summed E-state index contributed by atoms with van der Waals surface area (Å²) < 4.78 is 253. The van der Waals surface area contributed by atoms with Crippen LogP contribution in [0.15, 0.2) is 0 Å². The Morgan fingerprint density at radius 3 is 0.504 bits per heavy atom. The van der Waals surface area contributed by atoms with E-state index in [-0.39, 0.29) is 337 Å². The molecule has 1 unspecified atom stereocenters. The SMILES string of the molecule is CCCCCCCCCCCCCC(=O)OCC(COCCOCCOCOCOCOCOCOCOCOCOCOCOCOCOCOCOCOCOCOCOCOCOCOCOCOCOCOCOCOCOCOCOCOCOCOCOCOCOCOCOCOCOCOCOCOCOC)OC(=O)CCCCCCCCCCCCC. The number of carbonyl (C=O) groups excluding carboxylic acids is 2. The zero-order chi connectivity index (χ0) is 93.7. The Balaban J connectivity index is 3.35. The number of carbonyl (C=O) groups is 2. The Hall–Kier alpha value is -2.94. The van der Waals surface area contributed by atoms with E-state index in [2.05, 4.69) is 13.8 Å². The highest BCUT2D eigenvalue weighted by molar-refractivity contribution is 5.70. The van der Waals surface area contributed by atoms with Crippen molar-refractivity contribution >= 4 is 11.9 Å². The topological polar surface area (TPSA) is 486 Å². The molecule has 0 amide bonds. The minimum Gasteiger partial charge on any atom is -0.462 e. The van der Waals surface area contributed by atoms with Crippen molar-refractivity contribution in [1.29, 1.82) is 0 Å². The second-order valence-electron chi connectivity index (χ2n) is 26.2. The molecule has 0 heterocycles. The quantitative estimate of drug-likeness (QED) is 0.0313. The van der Waals surface area contributed by atoms with Gasteiger partial charge in [0, 0.05) is 20.0 Å². The highest BCUT2D eigenvalue weighted by atomic mass is 16.9. The number of hydrogen-bond acceptors (Lipinski definition) is 51. The van der Waals surface area contributed by atoms with E-state index in [0.29, 0.717) is 26.1 Å². The molecule has 0 aliphatic rings. The average Bonchev–Trinajstić information content (AvgIpc) is 0.948. The fourth-order valence-corrected chi connectivity index (χ4v) is 9.18. The molecule has 1 atom stereocenters. The lowest BCUT2D eigenvalue weighted by molar-refractivity contribution is -0.243. The first-order valence-electron chi connectivity index (χ1n) is 43.5. The molecule has 0 saturated carbocycles. The molecule has 51 nitrogen and oxygen atoms in total. The Kier molecular flexibility index (Phi) is 119. The van der Waals surface area contributed by atoms with Gasteiger partial charge in [0.25, 0.3) is 0 Å². The van der Waals surface area contributed by atoms with Crippen LogP contribution in [-0.4, -0.2) is 364 Å². The van der Waals surface area contributed by atoms with Gasteiger partial charge in [-0.25, -0.2) is 0 Å². The van der Waals surface area contributed by atoms with Gasteiger partial charge in [-0.05, 0) is 12.8 Å². The van der Waals surface area contributed by atoms with Crippen molar-refractivity contribution in [3.63, 3.8) is 0 Å². The van der Waals surface area contributed by atoms with Crippen molar-refractivity contribution in [3.8, 4) is 0 Å². The van der Waals surface area contributed by atoms with E-state index in [9.17, 15) is 9.59 Å². The molecular formula is C80H158O51. The molecule has 784 valence electrons. The van der Waals surface area contributed by atoms with Crippen LogP contribution in [0.2, 0.25) is 0 Å². The second-order valence-corrected chi connectivity index (χ2v) is 26.2. The van der Waals surface area contributed by atoms with Crippen LogP contribution in [0.3, 0.4) is 0 Å². The van der Waals surface area contributed by atoms with E-state index in [0.717, 1.165) is 38.5 Å². The molecule has 0 aromatic rings. The van der Waals surface area contributed by atoms with Gasteiger partial charge in [-0.2, -0.15) is 0 Å². The lowest BCUT2D eigenvalue weighted by Gasteiger charge is -2.18. The summed E-state index contributed by atoms with van der Waals surface area (Å²) in [5.41, 5.74) is 0. The van der Waals surface area contributed by atoms with Gasteiger partial charge >= 0.3 is 11.9 Å². The van der Waals surface area contributed by atoms with Crippen LogP contribution in [-0.2, 0) is 242 Å². The van der Waals surface area contributed by atoms with Crippen molar-refractivity contribution in [2.75, 3.05) is 346 Å².